The zero-order valence-electron chi connectivity index (χ0n) is 13.1. The molecule has 0 unspecified atom stereocenters. The Labute approximate surface area is 125 Å². The number of nitrogens with zero attached hydrogens (tertiary/aromatic N) is 2. The first-order valence-corrected chi connectivity index (χ1v) is 6.87. The highest BCUT2D eigenvalue weighted by Crippen LogP contribution is 2.29. The van der Waals surface area contributed by atoms with Gasteiger partial charge in [-0.1, -0.05) is 13.8 Å². The van der Waals surface area contributed by atoms with Crippen LogP contribution in [0.2, 0.25) is 0 Å². The average molecular weight is 287 g/mol. The second-order valence-corrected chi connectivity index (χ2v) is 5.01. The molecule has 1 aromatic heterocycles. The second kappa shape index (κ2) is 6.43. The molecule has 0 atom stereocenters. The Kier molecular flexibility index (Phi) is 4.62. The second-order valence-electron chi connectivity index (χ2n) is 5.01. The molecule has 0 aliphatic rings. The van der Waals surface area contributed by atoms with Crippen molar-refractivity contribution in [2.24, 2.45) is 0 Å². The summed E-state index contributed by atoms with van der Waals surface area (Å²) in [5.74, 6) is 3.21. The summed E-state index contributed by atoms with van der Waals surface area (Å²) in [6, 6.07) is 7.60. The SMILES string of the molecule is CNc1cc(C(C)C)nc(-c2cc(OC)cc(OC)c2)n1. The summed E-state index contributed by atoms with van der Waals surface area (Å²) in [4.78, 5) is 9.16. The number of hydrogen-bond donors (Lipinski definition) is 1. The predicted octanol–water partition coefficient (Wildman–Crippen LogP) is 3.33. The van der Waals surface area contributed by atoms with Crippen molar-refractivity contribution in [2.45, 2.75) is 19.8 Å². The molecule has 0 radical (unpaired) electrons. The number of nitrogens with one attached hydrogen (secondary N) is 1. The number of rotatable bonds is 5. The van der Waals surface area contributed by atoms with E-state index < -0.39 is 0 Å². The van der Waals surface area contributed by atoms with Crippen LogP contribution in [0.5, 0.6) is 11.5 Å². The molecule has 1 heterocycles. The molecule has 5 heteroatoms. The van der Waals surface area contributed by atoms with Crippen LogP contribution in [0.25, 0.3) is 11.4 Å². The summed E-state index contributed by atoms with van der Waals surface area (Å²) < 4.78 is 10.6. The van der Waals surface area contributed by atoms with Gasteiger partial charge in [0.25, 0.3) is 0 Å². The quantitative estimate of drug-likeness (QED) is 0.914. The van der Waals surface area contributed by atoms with E-state index in [1.807, 2.05) is 31.3 Å². The lowest BCUT2D eigenvalue weighted by molar-refractivity contribution is 0.394. The lowest BCUT2D eigenvalue weighted by Gasteiger charge is -2.12. The Morgan fingerprint density at radius 1 is 0.952 bits per heavy atom. The number of anilines is 1. The molecule has 1 aromatic carbocycles. The van der Waals surface area contributed by atoms with Crippen molar-refractivity contribution in [1.29, 1.82) is 0 Å². The van der Waals surface area contributed by atoms with Gasteiger partial charge in [0.15, 0.2) is 5.82 Å². The molecule has 2 rings (SSSR count). The molecule has 0 amide bonds. The topological polar surface area (TPSA) is 56.3 Å². The van der Waals surface area contributed by atoms with Gasteiger partial charge >= 0.3 is 0 Å². The van der Waals surface area contributed by atoms with Crippen LogP contribution in [0.3, 0.4) is 0 Å². The zero-order valence-corrected chi connectivity index (χ0v) is 13.1. The first-order valence-electron chi connectivity index (χ1n) is 6.87. The molecule has 0 spiro atoms. The van der Waals surface area contributed by atoms with Gasteiger partial charge in [0, 0.05) is 30.4 Å². The van der Waals surface area contributed by atoms with Crippen molar-refractivity contribution in [1.82, 2.24) is 9.97 Å². The van der Waals surface area contributed by atoms with Gasteiger partial charge in [-0.15, -0.1) is 0 Å². The van der Waals surface area contributed by atoms with E-state index in [0.717, 1.165) is 17.1 Å². The highest BCUT2D eigenvalue weighted by molar-refractivity contribution is 5.62. The lowest BCUT2D eigenvalue weighted by atomic mass is 10.1. The van der Waals surface area contributed by atoms with Crippen molar-refractivity contribution in [3.63, 3.8) is 0 Å². The minimum atomic E-state index is 0.325. The van der Waals surface area contributed by atoms with E-state index in [0.29, 0.717) is 23.2 Å². The van der Waals surface area contributed by atoms with Crippen molar-refractivity contribution >= 4 is 5.82 Å². The molecular weight excluding hydrogens is 266 g/mol. The van der Waals surface area contributed by atoms with Crippen molar-refractivity contribution in [3.8, 4) is 22.9 Å². The van der Waals surface area contributed by atoms with Crippen LogP contribution in [0, 0.1) is 0 Å². The summed E-state index contributed by atoms with van der Waals surface area (Å²) in [5.41, 5.74) is 1.86. The molecule has 112 valence electrons. The summed E-state index contributed by atoms with van der Waals surface area (Å²) in [6.07, 6.45) is 0. The summed E-state index contributed by atoms with van der Waals surface area (Å²) in [6.45, 7) is 4.22. The van der Waals surface area contributed by atoms with Gasteiger partial charge in [0.1, 0.15) is 17.3 Å². The van der Waals surface area contributed by atoms with E-state index in [1.54, 1.807) is 14.2 Å². The maximum atomic E-state index is 5.30. The molecule has 1 N–H and O–H groups in total. The van der Waals surface area contributed by atoms with E-state index in [9.17, 15) is 0 Å². The van der Waals surface area contributed by atoms with Crippen molar-refractivity contribution in [2.75, 3.05) is 26.6 Å². The van der Waals surface area contributed by atoms with Crippen LogP contribution >= 0.6 is 0 Å². The van der Waals surface area contributed by atoms with E-state index in [1.165, 1.54) is 0 Å². The first-order chi connectivity index (χ1) is 10.1. The van der Waals surface area contributed by atoms with E-state index in [-0.39, 0.29) is 0 Å². The van der Waals surface area contributed by atoms with E-state index in [4.69, 9.17) is 9.47 Å². The highest BCUT2D eigenvalue weighted by Gasteiger charge is 2.11. The molecular formula is C16H21N3O2. The average Bonchev–Trinajstić information content (AvgIpc) is 2.53. The fourth-order valence-electron chi connectivity index (χ4n) is 1.96. The van der Waals surface area contributed by atoms with Gasteiger partial charge in [-0.05, 0) is 18.1 Å². The largest absolute Gasteiger partial charge is 0.497 e. The van der Waals surface area contributed by atoms with Crippen LogP contribution in [-0.2, 0) is 0 Å². The van der Waals surface area contributed by atoms with Crippen molar-refractivity contribution in [3.05, 3.63) is 30.0 Å². The van der Waals surface area contributed by atoms with Crippen molar-refractivity contribution < 1.29 is 9.47 Å². The van der Waals surface area contributed by atoms with Gasteiger partial charge in [-0.2, -0.15) is 0 Å². The monoisotopic (exact) mass is 287 g/mol. The Hall–Kier alpha value is -2.30. The zero-order chi connectivity index (χ0) is 15.4. The molecule has 21 heavy (non-hydrogen) atoms. The van der Waals surface area contributed by atoms with Gasteiger partial charge in [-0.25, -0.2) is 9.97 Å². The minimum absolute atomic E-state index is 0.325. The van der Waals surface area contributed by atoms with Crippen LogP contribution < -0.4 is 14.8 Å². The molecule has 0 aliphatic heterocycles. The fourth-order valence-corrected chi connectivity index (χ4v) is 1.96. The molecule has 0 aliphatic carbocycles. The molecule has 0 saturated carbocycles. The van der Waals surface area contributed by atoms with Crippen LogP contribution in [-0.4, -0.2) is 31.2 Å². The summed E-state index contributed by atoms with van der Waals surface area (Å²) in [7, 11) is 5.11. The smallest absolute Gasteiger partial charge is 0.162 e. The Bertz CT molecular complexity index is 605. The maximum Gasteiger partial charge on any atom is 0.162 e. The Morgan fingerprint density at radius 3 is 2.05 bits per heavy atom. The number of hydrogen-bond acceptors (Lipinski definition) is 5. The first kappa shape index (κ1) is 15.1. The maximum absolute atomic E-state index is 5.30. The number of aromatic nitrogens is 2. The third-order valence-corrected chi connectivity index (χ3v) is 3.20. The molecule has 2 aromatic rings. The number of benzene rings is 1. The Balaban J connectivity index is 2.57. The van der Waals surface area contributed by atoms with Gasteiger partial charge in [0.05, 0.1) is 14.2 Å². The van der Waals surface area contributed by atoms with Gasteiger partial charge in [0.2, 0.25) is 0 Å². The number of methoxy groups -OCH3 is 2. The normalized spacial score (nSPS) is 10.6. The third-order valence-electron chi connectivity index (χ3n) is 3.20. The van der Waals surface area contributed by atoms with Gasteiger partial charge < -0.3 is 14.8 Å². The summed E-state index contributed by atoms with van der Waals surface area (Å²) >= 11 is 0. The highest BCUT2D eigenvalue weighted by atomic mass is 16.5. The van der Waals surface area contributed by atoms with E-state index >= 15 is 0 Å². The van der Waals surface area contributed by atoms with E-state index in [2.05, 4.69) is 29.1 Å². The molecule has 0 fully saturated rings. The molecule has 0 saturated heterocycles. The van der Waals surface area contributed by atoms with Gasteiger partial charge in [-0.3, -0.25) is 0 Å². The lowest BCUT2D eigenvalue weighted by Crippen LogP contribution is -2.02. The molecule has 0 bridgehead atoms. The molecule has 5 nitrogen and oxygen atoms in total. The predicted molar refractivity (Wildman–Crippen MR) is 84.2 cm³/mol. The number of ether oxygens (including phenoxy) is 2. The third kappa shape index (κ3) is 3.42. The minimum Gasteiger partial charge on any atom is -0.497 e. The van der Waals surface area contributed by atoms with Crippen LogP contribution in [0.4, 0.5) is 5.82 Å². The standard InChI is InChI=1S/C16H21N3O2/c1-10(2)14-9-15(17-3)19-16(18-14)11-6-12(20-4)8-13(7-11)21-5/h6-10H,1-5H3,(H,17,18,19). The summed E-state index contributed by atoms with van der Waals surface area (Å²) in [5, 5.41) is 3.08. The fraction of sp³-hybridized carbons (Fsp3) is 0.375. The van der Waals surface area contributed by atoms with Crippen LogP contribution in [0.1, 0.15) is 25.5 Å². The van der Waals surface area contributed by atoms with Crippen LogP contribution in [0.15, 0.2) is 24.3 Å². The Morgan fingerprint density at radius 2 is 1.57 bits per heavy atom.